The lowest BCUT2D eigenvalue weighted by molar-refractivity contribution is -0.121. The van der Waals surface area contributed by atoms with Crippen LogP contribution in [0.25, 0.3) is 0 Å². The van der Waals surface area contributed by atoms with Crippen LogP contribution in [-0.4, -0.2) is 42.0 Å². The number of nitrogens with zero attached hydrogens (tertiary/aromatic N) is 1. The summed E-state index contributed by atoms with van der Waals surface area (Å²) in [6.07, 6.45) is 11.0. The van der Waals surface area contributed by atoms with Crippen LogP contribution in [0.3, 0.4) is 0 Å². The summed E-state index contributed by atoms with van der Waals surface area (Å²) in [7, 11) is 0. The predicted molar refractivity (Wildman–Crippen MR) is 97.0 cm³/mol. The van der Waals surface area contributed by atoms with Gasteiger partial charge < -0.3 is 5.32 Å². The van der Waals surface area contributed by atoms with Gasteiger partial charge in [-0.3, -0.25) is 15.0 Å². The highest BCUT2D eigenvalue weighted by Gasteiger charge is 2.51. The highest BCUT2D eigenvalue weighted by Crippen LogP contribution is 2.55. The van der Waals surface area contributed by atoms with Crippen LogP contribution < -0.4 is 10.6 Å². The summed E-state index contributed by atoms with van der Waals surface area (Å²) in [6.45, 7) is 4.41. The lowest BCUT2D eigenvalue weighted by Gasteiger charge is -2.56. The van der Waals surface area contributed by atoms with Gasteiger partial charge in [-0.15, -0.1) is 0 Å². The van der Waals surface area contributed by atoms with Crippen LogP contribution in [0.4, 0.5) is 4.79 Å². The molecule has 0 atom stereocenters. The normalized spacial score (nSPS) is 35.8. The highest BCUT2D eigenvalue weighted by molar-refractivity contribution is 5.95. The van der Waals surface area contributed by atoms with E-state index in [0.29, 0.717) is 6.54 Å². The zero-order valence-electron chi connectivity index (χ0n) is 15.6. The Morgan fingerprint density at radius 2 is 1.64 bits per heavy atom. The summed E-state index contributed by atoms with van der Waals surface area (Å²) in [5.41, 5.74) is -0.0315. The fourth-order valence-electron chi connectivity index (χ4n) is 6.12. The van der Waals surface area contributed by atoms with Gasteiger partial charge in [-0.1, -0.05) is 6.92 Å². The third-order valence-electron chi connectivity index (χ3n) is 6.79. The lowest BCUT2D eigenvalue weighted by atomic mass is 9.53. The molecule has 0 aromatic heterocycles. The van der Waals surface area contributed by atoms with Crippen molar-refractivity contribution in [1.29, 1.82) is 0 Å². The van der Waals surface area contributed by atoms with E-state index in [-0.39, 0.29) is 17.5 Å². The van der Waals surface area contributed by atoms with E-state index in [2.05, 4.69) is 22.5 Å². The number of rotatable bonds is 7. The van der Waals surface area contributed by atoms with E-state index >= 15 is 0 Å². The minimum atomic E-state index is -0.269. The number of imide groups is 1. The molecular formula is C20H33N3O2. The number of carbonyl (C=O) groups is 2. The molecule has 5 nitrogen and oxygen atoms in total. The second-order valence-corrected chi connectivity index (χ2v) is 9.38. The summed E-state index contributed by atoms with van der Waals surface area (Å²) in [5, 5.41) is 5.83. The third-order valence-corrected chi connectivity index (χ3v) is 6.79. The van der Waals surface area contributed by atoms with Gasteiger partial charge in [0.15, 0.2) is 0 Å². The molecule has 0 heterocycles. The van der Waals surface area contributed by atoms with Gasteiger partial charge in [0.25, 0.3) is 0 Å². The summed E-state index contributed by atoms with van der Waals surface area (Å²) in [5.74, 6) is 2.99. The van der Waals surface area contributed by atoms with Crippen molar-refractivity contribution in [3.63, 3.8) is 0 Å². The molecule has 25 heavy (non-hydrogen) atoms. The van der Waals surface area contributed by atoms with Crippen LogP contribution in [-0.2, 0) is 4.79 Å². The molecule has 0 unspecified atom stereocenters. The molecule has 0 saturated heterocycles. The second-order valence-electron chi connectivity index (χ2n) is 9.38. The van der Waals surface area contributed by atoms with Gasteiger partial charge in [-0.05, 0) is 88.0 Å². The van der Waals surface area contributed by atoms with Crippen molar-refractivity contribution >= 4 is 11.9 Å². The summed E-state index contributed by atoms with van der Waals surface area (Å²) >= 11 is 0. The molecule has 5 heteroatoms. The van der Waals surface area contributed by atoms with Crippen molar-refractivity contribution < 1.29 is 9.59 Å². The molecule has 0 aromatic rings. The number of nitrogens with one attached hydrogen (secondary N) is 2. The van der Waals surface area contributed by atoms with Crippen molar-refractivity contribution in [3.8, 4) is 0 Å². The highest BCUT2D eigenvalue weighted by atomic mass is 16.2. The topological polar surface area (TPSA) is 61.4 Å². The molecule has 5 saturated carbocycles. The fourth-order valence-corrected chi connectivity index (χ4v) is 6.12. The molecule has 0 radical (unpaired) electrons. The number of hydrogen-bond donors (Lipinski definition) is 2. The summed E-state index contributed by atoms with van der Waals surface area (Å²) in [4.78, 5) is 27.0. The number of amides is 3. The van der Waals surface area contributed by atoms with Crippen LogP contribution in [0.1, 0.15) is 64.7 Å². The molecule has 5 fully saturated rings. The Bertz CT molecular complexity index is 494. The van der Waals surface area contributed by atoms with Gasteiger partial charge in [0.1, 0.15) is 0 Å². The molecule has 2 N–H and O–H groups in total. The lowest BCUT2D eigenvalue weighted by Crippen LogP contribution is -2.62. The molecule has 0 aromatic carbocycles. The van der Waals surface area contributed by atoms with Crippen LogP contribution in [0.2, 0.25) is 0 Å². The first-order valence-electron chi connectivity index (χ1n) is 10.4. The zero-order chi connectivity index (χ0) is 17.4. The zero-order valence-corrected chi connectivity index (χ0v) is 15.6. The van der Waals surface area contributed by atoms with E-state index in [9.17, 15) is 9.59 Å². The van der Waals surface area contributed by atoms with Crippen molar-refractivity contribution in [3.05, 3.63) is 0 Å². The minimum absolute atomic E-state index is 0.0315. The van der Waals surface area contributed by atoms with E-state index in [1.807, 2.05) is 0 Å². The van der Waals surface area contributed by atoms with Crippen molar-refractivity contribution in [2.24, 2.45) is 23.7 Å². The van der Waals surface area contributed by atoms with E-state index in [4.69, 9.17) is 0 Å². The van der Waals surface area contributed by atoms with Crippen molar-refractivity contribution in [2.45, 2.75) is 70.3 Å². The Balaban J connectivity index is 1.27. The van der Waals surface area contributed by atoms with Gasteiger partial charge in [0.05, 0.1) is 6.54 Å². The van der Waals surface area contributed by atoms with Gasteiger partial charge >= 0.3 is 6.03 Å². The standard InChI is InChI=1S/C20H33N3O2/c1-2-5-23(12-14-3-4-14)13-18(24)21-19(25)22-20-9-15-6-16(10-20)8-17(7-15)11-20/h14-17H,2-13H2,1H3,(H2,21,22,24,25). The Labute approximate surface area is 151 Å². The first-order chi connectivity index (χ1) is 12.0. The Kier molecular flexibility index (Phi) is 4.78. The van der Waals surface area contributed by atoms with Crippen LogP contribution in [0.15, 0.2) is 0 Å². The van der Waals surface area contributed by atoms with E-state index in [0.717, 1.165) is 62.4 Å². The Morgan fingerprint density at radius 3 is 2.16 bits per heavy atom. The van der Waals surface area contributed by atoms with Gasteiger partial charge in [0, 0.05) is 12.1 Å². The molecule has 0 spiro atoms. The average Bonchev–Trinajstić information content (AvgIpc) is 3.28. The first kappa shape index (κ1) is 17.3. The number of hydrogen-bond acceptors (Lipinski definition) is 3. The quantitative estimate of drug-likeness (QED) is 0.744. The molecule has 4 bridgehead atoms. The maximum atomic E-state index is 12.5. The van der Waals surface area contributed by atoms with Gasteiger partial charge in [0.2, 0.25) is 5.91 Å². The Morgan fingerprint density at radius 1 is 1.04 bits per heavy atom. The molecular weight excluding hydrogens is 314 g/mol. The maximum absolute atomic E-state index is 12.5. The summed E-state index contributed by atoms with van der Waals surface area (Å²) in [6, 6.07) is -0.269. The largest absolute Gasteiger partial charge is 0.332 e. The molecule has 5 aliphatic carbocycles. The smallest absolute Gasteiger partial charge is 0.321 e. The number of urea groups is 1. The van der Waals surface area contributed by atoms with E-state index in [1.54, 1.807) is 0 Å². The van der Waals surface area contributed by atoms with Crippen LogP contribution in [0.5, 0.6) is 0 Å². The van der Waals surface area contributed by atoms with Crippen molar-refractivity contribution in [1.82, 2.24) is 15.5 Å². The monoisotopic (exact) mass is 347 g/mol. The van der Waals surface area contributed by atoms with Crippen molar-refractivity contribution in [2.75, 3.05) is 19.6 Å². The van der Waals surface area contributed by atoms with E-state index in [1.165, 1.54) is 32.1 Å². The SMILES string of the molecule is CCCN(CC(=O)NC(=O)NC12CC3CC(CC(C3)C1)C2)CC1CC1. The summed E-state index contributed by atoms with van der Waals surface area (Å²) < 4.78 is 0. The number of carbonyl (C=O) groups excluding carboxylic acids is 2. The van der Waals surface area contributed by atoms with Gasteiger partial charge in [-0.2, -0.15) is 0 Å². The molecule has 5 rings (SSSR count). The van der Waals surface area contributed by atoms with Gasteiger partial charge in [-0.25, -0.2) is 4.79 Å². The average molecular weight is 348 g/mol. The second kappa shape index (κ2) is 6.90. The molecule has 0 aliphatic heterocycles. The maximum Gasteiger partial charge on any atom is 0.321 e. The van der Waals surface area contributed by atoms with Crippen LogP contribution >= 0.6 is 0 Å². The molecule has 140 valence electrons. The molecule has 5 aliphatic rings. The van der Waals surface area contributed by atoms with Crippen LogP contribution in [0, 0.1) is 23.7 Å². The molecule has 3 amide bonds. The first-order valence-corrected chi connectivity index (χ1v) is 10.4. The minimum Gasteiger partial charge on any atom is -0.332 e. The predicted octanol–water partition coefficient (Wildman–Crippen LogP) is 2.90. The third kappa shape index (κ3) is 4.18. The van der Waals surface area contributed by atoms with E-state index < -0.39 is 0 Å². The fraction of sp³-hybridized carbons (Fsp3) is 0.900. The Hall–Kier alpha value is -1.10.